The summed E-state index contributed by atoms with van der Waals surface area (Å²) in [5.41, 5.74) is 0. The van der Waals surface area contributed by atoms with E-state index in [1.807, 2.05) is 6.92 Å². The van der Waals surface area contributed by atoms with Crippen molar-refractivity contribution >= 4 is 5.97 Å². The first-order valence-corrected chi connectivity index (χ1v) is 5.11. The van der Waals surface area contributed by atoms with E-state index < -0.39 is 18.2 Å². The highest BCUT2D eigenvalue weighted by atomic mass is 19.4. The first-order chi connectivity index (χ1) is 6.88. The lowest BCUT2D eigenvalue weighted by Crippen LogP contribution is -2.33. The van der Waals surface area contributed by atoms with E-state index >= 15 is 0 Å². The third kappa shape index (κ3) is 7.22. The molecule has 15 heavy (non-hydrogen) atoms. The van der Waals surface area contributed by atoms with Crippen molar-refractivity contribution in [3.05, 3.63) is 0 Å². The molecule has 5 heteroatoms. The molecule has 0 aliphatic heterocycles. The van der Waals surface area contributed by atoms with Crippen molar-refractivity contribution in [3.63, 3.8) is 0 Å². The van der Waals surface area contributed by atoms with E-state index in [2.05, 4.69) is 4.74 Å². The maximum absolute atomic E-state index is 12.3. The summed E-state index contributed by atoms with van der Waals surface area (Å²) in [6, 6.07) is 0. The summed E-state index contributed by atoms with van der Waals surface area (Å²) in [6.07, 6.45) is -3.47. The minimum atomic E-state index is -4.45. The zero-order valence-corrected chi connectivity index (χ0v) is 9.06. The highest BCUT2D eigenvalue weighted by molar-refractivity contribution is 5.66. The van der Waals surface area contributed by atoms with Gasteiger partial charge in [0, 0.05) is 6.92 Å². The van der Waals surface area contributed by atoms with Crippen molar-refractivity contribution in [2.24, 2.45) is 0 Å². The molecule has 0 saturated heterocycles. The third-order valence-electron chi connectivity index (χ3n) is 1.99. The van der Waals surface area contributed by atoms with Gasteiger partial charge in [-0.3, -0.25) is 4.79 Å². The number of hydrogen-bond acceptors (Lipinski definition) is 2. The van der Waals surface area contributed by atoms with E-state index in [-0.39, 0.29) is 6.42 Å². The molecule has 0 N–H and O–H groups in total. The molecule has 1 atom stereocenters. The van der Waals surface area contributed by atoms with E-state index in [1.165, 1.54) is 0 Å². The first-order valence-electron chi connectivity index (χ1n) is 5.11. The average molecular weight is 226 g/mol. The SMILES string of the molecule is CCCCCC[C@H](OC(C)=O)C(F)(F)F. The van der Waals surface area contributed by atoms with Crippen molar-refractivity contribution in [1.82, 2.24) is 0 Å². The quantitative estimate of drug-likeness (QED) is 0.512. The van der Waals surface area contributed by atoms with Gasteiger partial charge in [0.1, 0.15) is 0 Å². The van der Waals surface area contributed by atoms with E-state index in [0.29, 0.717) is 6.42 Å². The Morgan fingerprint density at radius 3 is 2.27 bits per heavy atom. The molecular weight excluding hydrogens is 209 g/mol. The molecule has 0 spiro atoms. The number of alkyl halides is 3. The Hall–Kier alpha value is -0.740. The van der Waals surface area contributed by atoms with Gasteiger partial charge in [-0.25, -0.2) is 0 Å². The van der Waals surface area contributed by atoms with E-state index in [4.69, 9.17) is 0 Å². The summed E-state index contributed by atoms with van der Waals surface area (Å²) in [5.74, 6) is -0.882. The Balaban J connectivity index is 3.97. The summed E-state index contributed by atoms with van der Waals surface area (Å²) in [4.78, 5) is 10.5. The number of hydrogen-bond donors (Lipinski definition) is 0. The summed E-state index contributed by atoms with van der Waals surface area (Å²) in [6.45, 7) is 2.97. The van der Waals surface area contributed by atoms with Gasteiger partial charge in [-0.1, -0.05) is 26.2 Å². The van der Waals surface area contributed by atoms with Gasteiger partial charge in [-0.05, 0) is 12.8 Å². The Morgan fingerprint density at radius 2 is 1.87 bits per heavy atom. The van der Waals surface area contributed by atoms with Crippen LogP contribution in [0.3, 0.4) is 0 Å². The van der Waals surface area contributed by atoms with Crippen LogP contribution < -0.4 is 0 Å². The van der Waals surface area contributed by atoms with Crippen LogP contribution >= 0.6 is 0 Å². The van der Waals surface area contributed by atoms with Crippen LogP contribution in [0.1, 0.15) is 46.0 Å². The summed E-state index contributed by atoms with van der Waals surface area (Å²) < 4.78 is 41.2. The fraction of sp³-hybridized carbons (Fsp3) is 0.900. The standard InChI is InChI=1S/C10H17F3O2/c1-3-4-5-6-7-9(10(11,12)13)15-8(2)14/h9H,3-7H2,1-2H3/t9-/m0/s1. The second kappa shape index (κ2) is 6.69. The third-order valence-corrected chi connectivity index (χ3v) is 1.99. The maximum atomic E-state index is 12.3. The van der Waals surface area contributed by atoms with Crippen LogP contribution in [-0.2, 0) is 9.53 Å². The molecule has 2 nitrogen and oxygen atoms in total. The van der Waals surface area contributed by atoms with Gasteiger partial charge in [0.2, 0.25) is 0 Å². The molecule has 0 fully saturated rings. The summed E-state index contributed by atoms with van der Waals surface area (Å²) in [7, 11) is 0. The molecule has 0 aliphatic carbocycles. The van der Waals surface area contributed by atoms with Crippen molar-refractivity contribution < 1.29 is 22.7 Å². The molecular formula is C10H17F3O2. The molecule has 0 aromatic carbocycles. The van der Waals surface area contributed by atoms with Gasteiger partial charge in [0.15, 0.2) is 6.10 Å². The van der Waals surface area contributed by atoms with E-state index in [1.54, 1.807) is 0 Å². The molecule has 0 unspecified atom stereocenters. The van der Waals surface area contributed by atoms with Crippen molar-refractivity contribution in [3.8, 4) is 0 Å². The average Bonchev–Trinajstić information content (AvgIpc) is 2.08. The fourth-order valence-electron chi connectivity index (χ4n) is 1.25. The van der Waals surface area contributed by atoms with Gasteiger partial charge < -0.3 is 4.74 Å². The van der Waals surface area contributed by atoms with Gasteiger partial charge in [-0.2, -0.15) is 13.2 Å². The number of carbonyl (C=O) groups is 1. The number of ether oxygens (including phenoxy) is 1. The zero-order chi connectivity index (χ0) is 11.9. The minimum absolute atomic E-state index is 0.136. The van der Waals surface area contributed by atoms with Crippen LogP contribution in [0.5, 0.6) is 0 Å². The highest BCUT2D eigenvalue weighted by Crippen LogP contribution is 2.27. The van der Waals surface area contributed by atoms with Gasteiger partial charge in [0.25, 0.3) is 0 Å². The number of unbranched alkanes of at least 4 members (excludes halogenated alkanes) is 3. The first kappa shape index (κ1) is 14.3. The fourth-order valence-corrected chi connectivity index (χ4v) is 1.25. The molecule has 0 rings (SSSR count). The molecule has 0 aromatic rings. The summed E-state index contributed by atoms with van der Waals surface area (Å²) >= 11 is 0. The molecule has 0 amide bonds. The lowest BCUT2D eigenvalue weighted by atomic mass is 10.1. The molecule has 0 aliphatic rings. The van der Waals surface area contributed by atoms with Crippen molar-refractivity contribution in [2.45, 2.75) is 58.2 Å². The van der Waals surface area contributed by atoms with Gasteiger partial charge in [0.05, 0.1) is 0 Å². The Labute approximate surface area is 87.8 Å². The monoisotopic (exact) mass is 226 g/mol. The Kier molecular flexibility index (Phi) is 6.36. The lowest BCUT2D eigenvalue weighted by molar-refractivity contribution is -0.221. The zero-order valence-electron chi connectivity index (χ0n) is 9.06. The molecule has 0 bridgehead atoms. The number of halogens is 3. The van der Waals surface area contributed by atoms with Crippen LogP contribution in [0, 0.1) is 0 Å². The molecule has 0 radical (unpaired) electrons. The second-order valence-corrected chi connectivity index (χ2v) is 3.49. The van der Waals surface area contributed by atoms with E-state index in [0.717, 1.165) is 26.2 Å². The molecule has 0 saturated carbocycles. The molecule has 0 heterocycles. The highest BCUT2D eigenvalue weighted by Gasteiger charge is 2.41. The predicted molar refractivity (Wildman–Crippen MR) is 50.4 cm³/mol. The lowest BCUT2D eigenvalue weighted by Gasteiger charge is -2.19. The van der Waals surface area contributed by atoms with Crippen LogP contribution in [0.15, 0.2) is 0 Å². The summed E-state index contributed by atoms with van der Waals surface area (Å²) in [5, 5.41) is 0. The predicted octanol–water partition coefficient (Wildman–Crippen LogP) is 3.45. The van der Waals surface area contributed by atoms with Crippen LogP contribution in [0.2, 0.25) is 0 Å². The van der Waals surface area contributed by atoms with E-state index in [9.17, 15) is 18.0 Å². The topological polar surface area (TPSA) is 26.3 Å². The van der Waals surface area contributed by atoms with Crippen LogP contribution in [-0.4, -0.2) is 18.2 Å². The smallest absolute Gasteiger partial charge is 0.425 e. The van der Waals surface area contributed by atoms with Crippen molar-refractivity contribution in [1.29, 1.82) is 0 Å². The number of esters is 1. The number of rotatable bonds is 6. The normalized spacial score (nSPS) is 13.7. The van der Waals surface area contributed by atoms with Crippen LogP contribution in [0.25, 0.3) is 0 Å². The maximum Gasteiger partial charge on any atom is 0.425 e. The Bertz CT molecular complexity index is 190. The largest absolute Gasteiger partial charge is 0.453 e. The van der Waals surface area contributed by atoms with Crippen LogP contribution in [0.4, 0.5) is 13.2 Å². The molecule has 90 valence electrons. The number of carbonyl (C=O) groups excluding carboxylic acids is 1. The second-order valence-electron chi connectivity index (χ2n) is 3.49. The minimum Gasteiger partial charge on any atom is -0.453 e. The van der Waals surface area contributed by atoms with Gasteiger partial charge >= 0.3 is 12.1 Å². The van der Waals surface area contributed by atoms with Crippen molar-refractivity contribution in [2.75, 3.05) is 0 Å². The van der Waals surface area contributed by atoms with Gasteiger partial charge in [-0.15, -0.1) is 0 Å². The molecule has 0 aromatic heterocycles. The Morgan fingerprint density at radius 1 is 1.27 bits per heavy atom.